The second-order valence-corrected chi connectivity index (χ2v) is 9.07. The van der Waals surface area contributed by atoms with Crippen molar-refractivity contribution in [3.63, 3.8) is 0 Å². The molecule has 0 spiro atoms. The van der Waals surface area contributed by atoms with Crippen LogP contribution in [0, 0.1) is 5.82 Å². The molecular weight excluding hydrogens is 457 g/mol. The van der Waals surface area contributed by atoms with Gasteiger partial charge >= 0.3 is 0 Å². The number of rotatable bonds is 6. The van der Waals surface area contributed by atoms with Crippen LogP contribution in [0.25, 0.3) is 22.8 Å². The van der Waals surface area contributed by atoms with Crippen molar-refractivity contribution in [2.45, 2.75) is 19.9 Å². The summed E-state index contributed by atoms with van der Waals surface area (Å²) >= 11 is 0. The summed E-state index contributed by atoms with van der Waals surface area (Å²) in [5.41, 5.74) is 3.97. The normalized spacial score (nSPS) is 16.0. The van der Waals surface area contributed by atoms with Gasteiger partial charge in [-0.15, -0.1) is 0 Å². The van der Waals surface area contributed by atoms with Crippen LogP contribution < -0.4 is 10.2 Å². The van der Waals surface area contributed by atoms with Crippen LogP contribution in [-0.4, -0.2) is 63.5 Å². The zero-order valence-electron chi connectivity index (χ0n) is 23.2. The Morgan fingerprint density at radius 3 is 2.44 bits per heavy atom. The van der Waals surface area contributed by atoms with E-state index in [0.29, 0.717) is 49.1 Å². The third-order valence-corrected chi connectivity index (χ3v) is 6.28. The van der Waals surface area contributed by atoms with E-state index in [-0.39, 0.29) is 23.5 Å². The fraction of sp³-hybridized carbons (Fsp3) is 0.296. The summed E-state index contributed by atoms with van der Waals surface area (Å²) in [5, 5.41) is 2.89. The number of aromatic nitrogens is 4. The number of hydrogen-bond donors (Lipinski definition) is 2. The molecule has 4 aromatic rings. The highest BCUT2D eigenvalue weighted by Gasteiger charge is 2.21. The Kier molecular flexibility index (Phi) is 5.59. The Hall–Kier alpha value is -3.98. The third-order valence-electron chi connectivity index (χ3n) is 6.28. The summed E-state index contributed by atoms with van der Waals surface area (Å²) < 4.78 is 38.1. The lowest BCUT2D eigenvalue weighted by Crippen LogP contribution is -2.44. The predicted octanol–water partition coefficient (Wildman–Crippen LogP) is 4.66. The van der Waals surface area contributed by atoms with Crippen molar-refractivity contribution in [1.29, 1.82) is 0 Å². The summed E-state index contributed by atoms with van der Waals surface area (Å²) in [4.78, 5) is 28.8. The van der Waals surface area contributed by atoms with Crippen molar-refractivity contribution in [2.75, 3.05) is 43.4 Å². The van der Waals surface area contributed by atoms with Gasteiger partial charge in [0, 0.05) is 53.3 Å². The SMILES string of the molecule is [2H]C([2H])([2H])N1CCN(c2ccc(NC(=O)c3cnc(-c4c(-c5ccc(F)cc5)ncn4C(C)C)[nH]3)cc2)CC1. The minimum absolute atomic E-state index is 0.0824. The van der Waals surface area contributed by atoms with Crippen molar-refractivity contribution < 1.29 is 13.3 Å². The number of likely N-dealkylation sites (N-methyl/N-ethyl adjacent to an activating group) is 1. The first kappa shape index (κ1) is 20.2. The maximum atomic E-state index is 13.5. The fourth-order valence-electron chi connectivity index (χ4n) is 4.28. The van der Waals surface area contributed by atoms with E-state index in [1.807, 2.05) is 42.7 Å². The van der Waals surface area contributed by atoms with Gasteiger partial charge in [-0.3, -0.25) is 4.79 Å². The Bertz CT molecular complexity index is 1440. The number of amides is 1. The predicted molar refractivity (Wildman–Crippen MR) is 140 cm³/mol. The molecule has 0 saturated carbocycles. The molecule has 2 aromatic heterocycles. The minimum atomic E-state index is -2.07. The van der Waals surface area contributed by atoms with E-state index < -0.39 is 6.98 Å². The van der Waals surface area contributed by atoms with E-state index in [9.17, 15) is 9.18 Å². The first-order valence-corrected chi connectivity index (χ1v) is 11.9. The summed E-state index contributed by atoms with van der Waals surface area (Å²) in [6, 6.07) is 13.7. The van der Waals surface area contributed by atoms with E-state index in [0.717, 1.165) is 11.3 Å². The Morgan fingerprint density at radius 1 is 1.06 bits per heavy atom. The number of carbonyl (C=O) groups is 1. The minimum Gasteiger partial charge on any atom is -0.369 e. The van der Waals surface area contributed by atoms with Crippen LogP contribution >= 0.6 is 0 Å². The first-order valence-electron chi connectivity index (χ1n) is 13.4. The molecule has 3 heterocycles. The molecule has 8 nitrogen and oxygen atoms in total. The van der Waals surface area contributed by atoms with Crippen molar-refractivity contribution in [2.24, 2.45) is 0 Å². The van der Waals surface area contributed by atoms with E-state index in [4.69, 9.17) is 4.11 Å². The summed E-state index contributed by atoms with van der Waals surface area (Å²) in [6.07, 6.45) is 3.20. The number of anilines is 2. The van der Waals surface area contributed by atoms with Crippen molar-refractivity contribution >= 4 is 17.3 Å². The van der Waals surface area contributed by atoms with Gasteiger partial charge in [0.05, 0.1) is 18.2 Å². The van der Waals surface area contributed by atoms with Gasteiger partial charge in [0.25, 0.3) is 5.91 Å². The monoisotopic (exact) mass is 490 g/mol. The third kappa shape index (κ3) is 4.87. The standard InChI is InChI=1S/C27H30FN7O/c1-18(2)35-17-30-24(19-4-6-20(28)7-5-19)25(35)26-29-16-23(32-26)27(36)31-21-8-10-22(11-9-21)34-14-12-33(3)13-15-34/h4-11,16-18H,12-15H2,1-3H3,(H,29,32)(H,31,36)/i3D3. The van der Waals surface area contributed by atoms with Crippen molar-refractivity contribution in [1.82, 2.24) is 24.4 Å². The zero-order valence-corrected chi connectivity index (χ0v) is 20.2. The lowest BCUT2D eigenvalue weighted by molar-refractivity contribution is 0.102. The highest BCUT2D eigenvalue weighted by molar-refractivity contribution is 6.03. The van der Waals surface area contributed by atoms with Gasteiger partial charge in [-0.25, -0.2) is 14.4 Å². The molecule has 1 aliphatic heterocycles. The van der Waals surface area contributed by atoms with Crippen LogP contribution in [0.5, 0.6) is 0 Å². The van der Waals surface area contributed by atoms with Crippen LogP contribution in [0.4, 0.5) is 15.8 Å². The molecular formula is C27H30FN7O. The number of nitrogens with one attached hydrogen (secondary N) is 2. The summed E-state index contributed by atoms with van der Waals surface area (Å²) in [5.74, 6) is -0.186. The van der Waals surface area contributed by atoms with Gasteiger partial charge in [0.1, 0.15) is 17.2 Å². The summed E-state index contributed by atoms with van der Waals surface area (Å²) in [6.45, 7) is 4.15. The Morgan fingerprint density at radius 2 is 1.78 bits per heavy atom. The molecule has 9 heteroatoms. The molecule has 36 heavy (non-hydrogen) atoms. The highest BCUT2D eigenvalue weighted by Crippen LogP contribution is 2.32. The topological polar surface area (TPSA) is 82.1 Å². The van der Waals surface area contributed by atoms with Gasteiger partial charge in [-0.2, -0.15) is 0 Å². The number of nitrogens with zero attached hydrogens (tertiary/aromatic N) is 5. The Labute approximate surface area is 214 Å². The molecule has 0 radical (unpaired) electrons. The molecule has 2 aromatic carbocycles. The van der Waals surface area contributed by atoms with Gasteiger partial charge in [-0.05, 0) is 69.4 Å². The maximum absolute atomic E-state index is 13.5. The second-order valence-electron chi connectivity index (χ2n) is 9.07. The molecule has 1 fully saturated rings. The first-order chi connectivity index (χ1) is 18.6. The number of halogens is 1. The molecule has 1 aliphatic rings. The van der Waals surface area contributed by atoms with Crippen LogP contribution in [-0.2, 0) is 0 Å². The highest BCUT2D eigenvalue weighted by atomic mass is 19.1. The molecule has 1 saturated heterocycles. The molecule has 0 atom stereocenters. The van der Waals surface area contributed by atoms with E-state index in [1.165, 1.54) is 23.2 Å². The van der Waals surface area contributed by atoms with E-state index in [1.54, 1.807) is 18.5 Å². The fourth-order valence-corrected chi connectivity index (χ4v) is 4.28. The number of H-pyrrole nitrogens is 1. The van der Waals surface area contributed by atoms with Crippen molar-refractivity contribution in [3.8, 4) is 22.8 Å². The van der Waals surface area contributed by atoms with E-state index in [2.05, 4.69) is 25.2 Å². The number of carbonyl (C=O) groups excluding carboxylic acids is 1. The van der Waals surface area contributed by atoms with Gasteiger partial charge in [0.15, 0.2) is 5.82 Å². The average Bonchev–Trinajstić information content (AvgIpc) is 3.57. The second kappa shape index (κ2) is 9.94. The molecule has 186 valence electrons. The smallest absolute Gasteiger partial charge is 0.273 e. The molecule has 0 unspecified atom stereocenters. The number of imidazole rings is 2. The van der Waals surface area contributed by atoms with Gasteiger partial charge < -0.3 is 24.7 Å². The van der Waals surface area contributed by atoms with Crippen LogP contribution in [0.3, 0.4) is 0 Å². The number of hydrogen-bond acceptors (Lipinski definition) is 5. The van der Waals surface area contributed by atoms with Crippen LogP contribution in [0.1, 0.15) is 34.5 Å². The van der Waals surface area contributed by atoms with Crippen LogP contribution in [0.2, 0.25) is 0 Å². The van der Waals surface area contributed by atoms with Crippen LogP contribution in [0.15, 0.2) is 61.1 Å². The number of aromatic amines is 1. The summed E-state index contributed by atoms with van der Waals surface area (Å²) in [7, 11) is 0. The largest absolute Gasteiger partial charge is 0.369 e. The van der Waals surface area contributed by atoms with E-state index >= 15 is 0 Å². The quantitative estimate of drug-likeness (QED) is 0.411. The zero-order chi connectivity index (χ0) is 27.7. The lowest BCUT2D eigenvalue weighted by Gasteiger charge is -2.34. The molecule has 2 N–H and O–H groups in total. The van der Waals surface area contributed by atoms with Crippen molar-refractivity contribution in [3.05, 3.63) is 72.6 Å². The molecule has 0 aliphatic carbocycles. The number of benzene rings is 2. The molecule has 0 bridgehead atoms. The Balaban J connectivity index is 1.29. The van der Waals surface area contributed by atoms with Gasteiger partial charge in [-0.1, -0.05) is 0 Å². The number of piperazine rings is 1. The molecule has 1 amide bonds. The van der Waals surface area contributed by atoms with Gasteiger partial charge in [0.2, 0.25) is 0 Å². The average molecular weight is 491 g/mol. The molecule has 5 rings (SSSR count). The maximum Gasteiger partial charge on any atom is 0.273 e. The lowest BCUT2D eigenvalue weighted by atomic mass is 10.1.